The summed E-state index contributed by atoms with van der Waals surface area (Å²) in [6.07, 6.45) is 1.70. The second kappa shape index (κ2) is 8.40. The number of ether oxygens (including phenoxy) is 1. The van der Waals surface area contributed by atoms with Crippen LogP contribution in [0.5, 0.6) is 5.75 Å². The molecule has 2 amide bonds. The molecule has 7 heteroatoms. The topological polar surface area (TPSA) is 73.3 Å². The van der Waals surface area contributed by atoms with Crippen LogP contribution >= 0.6 is 0 Å². The third-order valence-electron chi connectivity index (χ3n) is 5.28. The first-order chi connectivity index (χ1) is 12.6. The third kappa shape index (κ3) is 4.27. The van der Waals surface area contributed by atoms with E-state index < -0.39 is 6.09 Å². The molecule has 26 heavy (non-hydrogen) atoms. The molecule has 1 aromatic carbocycles. The monoisotopic (exact) mass is 361 g/mol. The highest BCUT2D eigenvalue weighted by Crippen LogP contribution is 2.21. The predicted molar refractivity (Wildman–Crippen MR) is 97.5 cm³/mol. The minimum Gasteiger partial charge on any atom is -0.496 e. The van der Waals surface area contributed by atoms with Crippen molar-refractivity contribution < 1.29 is 19.4 Å². The summed E-state index contributed by atoms with van der Waals surface area (Å²) >= 11 is 0. The number of piperazine rings is 1. The summed E-state index contributed by atoms with van der Waals surface area (Å²) in [5.74, 6) is 0.741. The van der Waals surface area contributed by atoms with Crippen molar-refractivity contribution in [3.05, 3.63) is 29.8 Å². The van der Waals surface area contributed by atoms with Gasteiger partial charge in [-0.3, -0.25) is 4.79 Å². The number of methoxy groups -OCH3 is 1. The molecule has 0 aromatic heterocycles. The third-order valence-corrected chi connectivity index (χ3v) is 5.28. The molecule has 0 spiro atoms. The number of carboxylic acid groups (broad SMARTS) is 1. The van der Waals surface area contributed by atoms with Gasteiger partial charge in [-0.25, -0.2) is 4.79 Å². The summed E-state index contributed by atoms with van der Waals surface area (Å²) < 4.78 is 5.35. The number of carbonyl (C=O) groups excluding carboxylic acids is 1. The number of nitrogens with zero attached hydrogens (tertiary/aromatic N) is 3. The zero-order valence-corrected chi connectivity index (χ0v) is 15.3. The minimum absolute atomic E-state index is 0.0312. The first-order valence-corrected chi connectivity index (χ1v) is 9.20. The standard InChI is InChI=1S/C19H27N3O4/c1-26-17-7-3-2-6-15(17)12-18(23)22-11-10-21(19(24)25)14-16(22)13-20-8-4-5-9-20/h2-3,6-7,16H,4-5,8-14H2,1H3,(H,24,25). The smallest absolute Gasteiger partial charge is 0.407 e. The molecule has 1 unspecified atom stereocenters. The van der Waals surface area contributed by atoms with Crippen LogP contribution in [0.3, 0.4) is 0 Å². The van der Waals surface area contributed by atoms with Crippen molar-refractivity contribution in [2.45, 2.75) is 25.3 Å². The molecule has 0 saturated carbocycles. The van der Waals surface area contributed by atoms with Gasteiger partial charge in [-0.1, -0.05) is 18.2 Å². The number of hydrogen-bond donors (Lipinski definition) is 1. The fourth-order valence-corrected chi connectivity index (χ4v) is 3.89. The quantitative estimate of drug-likeness (QED) is 0.861. The second-order valence-corrected chi connectivity index (χ2v) is 6.97. The molecule has 1 N–H and O–H groups in total. The highest BCUT2D eigenvalue weighted by Gasteiger charge is 2.34. The van der Waals surface area contributed by atoms with E-state index in [0.29, 0.717) is 25.4 Å². The van der Waals surface area contributed by atoms with Gasteiger partial charge in [-0.2, -0.15) is 0 Å². The average Bonchev–Trinajstić information content (AvgIpc) is 3.15. The Morgan fingerprint density at radius 3 is 2.58 bits per heavy atom. The SMILES string of the molecule is COc1ccccc1CC(=O)N1CCN(C(=O)O)CC1CN1CCCC1. The van der Waals surface area contributed by atoms with Crippen LogP contribution in [0, 0.1) is 0 Å². The van der Waals surface area contributed by atoms with Gasteiger partial charge in [0.2, 0.25) is 5.91 Å². The molecule has 0 bridgehead atoms. The van der Waals surface area contributed by atoms with Crippen molar-refractivity contribution in [1.29, 1.82) is 0 Å². The molecule has 1 aromatic rings. The molecular weight excluding hydrogens is 334 g/mol. The van der Waals surface area contributed by atoms with Crippen LogP contribution in [0.2, 0.25) is 0 Å². The summed E-state index contributed by atoms with van der Waals surface area (Å²) in [7, 11) is 1.60. The van der Waals surface area contributed by atoms with Gasteiger partial charge >= 0.3 is 6.09 Å². The Bertz CT molecular complexity index is 645. The summed E-state index contributed by atoms with van der Waals surface area (Å²) in [5, 5.41) is 9.34. The Labute approximate surface area is 154 Å². The number of rotatable bonds is 5. The van der Waals surface area contributed by atoms with Crippen molar-refractivity contribution in [3.63, 3.8) is 0 Å². The van der Waals surface area contributed by atoms with Crippen molar-refractivity contribution in [2.24, 2.45) is 0 Å². The first kappa shape index (κ1) is 18.5. The lowest BCUT2D eigenvalue weighted by Gasteiger charge is -2.42. The zero-order valence-electron chi connectivity index (χ0n) is 15.3. The zero-order chi connectivity index (χ0) is 18.5. The predicted octanol–water partition coefficient (Wildman–Crippen LogP) is 1.52. The molecule has 0 radical (unpaired) electrons. The Hall–Kier alpha value is -2.28. The van der Waals surface area contributed by atoms with Gasteiger partial charge in [0.15, 0.2) is 0 Å². The fraction of sp³-hybridized carbons (Fsp3) is 0.579. The van der Waals surface area contributed by atoms with E-state index in [1.807, 2.05) is 29.2 Å². The maximum absolute atomic E-state index is 13.0. The van der Waals surface area contributed by atoms with Crippen LogP contribution in [0.15, 0.2) is 24.3 Å². The van der Waals surface area contributed by atoms with Gasteiger partial charge < -0.3 is 24.5 Å². The van der Waals surface area contributed by atoms with Crippen molar-refractivity contribution in [2.75, 3.05) is 46.4 Å². The molecular formula is C19H27N3O4. The highest BCUT2D eigenvalue weighted by atomic mass is 16.5. The minimum atomic E-state index is -0.909. The van der Waals surface area contributed by atoms with Gasteiger partial charge in [0.05, 0.1) is 19.6 Å². The van der Waals surface area contributed by atoms with Crippen molar-refractivity contribution >= 4 is 12.0 Å². The van der Waals surface area contributed by atoms with E-state index in [4.69, 9.17) is 4.74 Å². The summed E-state index contributed by atoms with van der Waals surface area (Å²) in [4.78, 5) is 30.0. The number of likely N-dealkylation sites (tertiary alicyclic amines) is 1. The Balaban J connectivity index is 1.71. The molecule has 2 aliphatic heterocycles. The normalized spacial score (nSPS) is 21.0. The van der Waals surface area contributed by atoms with Gasteiger partial charge in [-0.05, 0) is 32.0 Å². The average molecular weight is 361 g/mol. The van der Waals surface area contributed by atoms with Crippen molar-refractivity contribution in [3.8, 4) is 5.75 Å². The van der Waals surface area contributed by atoms with E-state index >= 15 is 0 Å². The van der Waals surface area contributed by atoms with Crippen LogP contribution in [0.25, 0.3) is 0 Å². The number of para-hydroxylation sites is 1. The highest BCUT2D eigenvalue weighted by molar-refractivity contribution is 5.80. The lowest BCUT2D eigenvalue weighted by Crippen LogP contribution is -2.59. The second-order valence-electron chi connectivity index (χ2n) is 6.97. The van der Waals surface area contributed by atoms with E-state index in [0.717, 1.165) is 25.2 Å². The molecule has 2 heterocycles. The summed E-state index contributed by atoms with van der Waals surface area (Å²) in [6, 6.07) is 7.44. The molecule has 0 aliphatic carbocycles. The molecule has 3 rings (SSSR count). The molecule has 7 nitrogen and oxygen atoms in total. The van der Waals surface area contributed by atoms with E-state index in [-0.39, 0.29) is 18.4 Å². The largest absolute Gasteiger partial charge is 0.496 e. The number of amides is 2. The number of hydrogen-bond acceptors (Lipinski definition) is 4. The van der Waals surface area contributed by atoms with Gasteiger partial charge in [-0.15, -0.1) is 0 Å². The van der Waals surface area contributed by atoms with E-state index in [1.165, 1.54) is 17.7 Å². The Kier molecular flexibility index (Phi) is 5.98. The van der Waals surface area contributed by atoms with E-state index in [2.05, 4.69) is 4.90 Å². The van der Waals surface area contributed by atoms with Gasteiger partial charge in [0.1, 0.15) is 5.75 Å². The Morgan fingerprint density at radius 1 is 1.15 bits per heavy atom. The first-order valence-electron chi connectivity index (χ1n) is 9.20. The fourth-order valence-electron chi connectivity index (χ4n) is 3.89. The molecule has 2 saturated heterocycles. The maximum Gasteiger partial charge on any atom is 0.407 e. The van der Waals surface area contributed by atoms with Gasteiger partial charge in [0.25, 0.3) is 0 Å². The van der Waals surface area contributed by atoms with Gasteiger partial charge in [0, 0.05) is 31.7 Å². The molecule has 1 atom stereocenters. The number of carbonyl (C=O) groups is 2. The molecule has 2 aliphatic rings. The summed E-state index contributed by atoms with van der Waals surface area (Å²) in [5.41, 5.74) is 0.862. The summed E-state index contributed by atoms with van der Waals surface area (Å²) in [6.45, 7) is 3.98. The van der Waals surface area contributed by atoms with Crippen LogP contribution in [0.1, 0.15) is 18.4 Å². The lowest BCUT2D eigenvalue weighted by molar-refractivity contribution is -0.135. The van der Waals surface area contributed by atoms with Crippen LogP contribution in [0.4, 0.5) is 4.79 Å². The van der Waals surface area contributed by atoms with E-state index in [1.54, 1.807) is 7.11 Å². The van der Waals surface area contributed by atoms with Crippen molar-refractivity contribution in [1.82, 2.24) is 14.7 Å². The van der Waals surface area contributed by atoms with Crippen LogP contribution < -0.4 is 4.74 Å². The van der Waals surface area contributed by atoms with Crippen LogP contribution in [-0.2, 0) is 11.2 Å². The molecule has 2 fully saturated rings. The van der Waals surface area contributed by atoms with E-state index in [9.17, 15) is 14.7 Å². The number of benzene rings is 1. The Morgan fingerprint density at radius 2 is 1.88 bits per heavy atom. The van der Waals surface area contributed by atoms with Crippen LogP contribution in [-0.4, -0.2) is 84.2 Å². The lowest BCUT2D eigenvalue weighted by atomic mass is 10.1. The molecule has 142 valence electrons. The maximum atomic E-state index is 13.0.